The molecule has 0 aromatic rings. The molecule has 0 aliphatic rings. The lowest BCUT2D eigenvalue weighted by Crippen LogP contribution is -2.22. The van der Waals surface area contributed by atoms with Crippen LogP contribution < -0.4 is 0 Å². The van der Waals surface area contributed by atoms with Gasteiger partial charge in [-0.05, 0) is 30.1 Å². The van der Waals surface area contributed by atoms with Crippen LogP contribution >= 0.6 is 8.46 Å². The van der Waals surface area contributed by atoms with Crippen molar-refractivity contribution < 1.29 is 4.57 Å². The van der Waals surface area contributed by atoms with Crippen molar-refractivity contribution in [3.8, 4) is 0 Å². The molecule has 0 rings (SSSR count). The molecular formula is C13H27OP. The lowest BCUT2D eigenvalue weighted by molar-refractivity contribution is 0.206. The Labute approximate surface area is 97.2 Å². The molecule has 15 heavy (non-hydrogen) atoms. The minimum atomic E-state index is 0.308. The smallest absolute Gasteiger partial charge is 0.155 e. The van der Waals surface area contributed by atoms with Crippen LogP contribution in [0.3, 0.4) is 0 Å². The van der Waals surface area contributed by atoms with Crippen molar-refractivity contribution in [2.45, 2.75) is 53.9 Å². The van der Waals surface area contributed by atoms with Crippen molar-refractivity contribution in [3.63, 3.8) is 0 Å². The van der Waals surface area contributed by atoms with Crippen LogP contribution in [0.1, 0.15) is 53.9 Å². The van der Waals surface area contributed by atoms with Crippen LogP contribution in [0.5, 0.6) is 0 Å². The van der Waals surface area contributed by atoms with Gasteiger partial charge in [0.2, 0.25) is 0 Å². The first kappa shape index (κ1) is 15.1. The molecule has 0 amide bonds. The summed E-state index contributed by atoms with van der Waals surface area (Å²) in [5, 5.41) is 0. The Kier molecular flexibility index (Phi) is 8.33. The molecule has 0 aromatic carbocycles. The summed E-state index contributed by atoms with van der Waals surface area (Å²) in [5.41, 5.74) is 0. The monoisotopic (exact) mass is 230 g/mol. The summed E-state index contributed by atoms with van der Waals surface area (Å²) < 4.78 is 10.6. The lowest BCUT2D eigenvalue weighted by Gasteiger charge is -2.30. The SMILES string of the molecule is CCC(C)C(CC(C)CP=O)C(C)CC. The highest BCUT2D eigenvalue weighted by molar-refractivity contribution is 7.23. The topological polar surface area (TPSA) is 17.1 Å². The maximum absolute atomic E-state index is 10.6. The van der Waals surface area contributed by atoms with Gasteiger partial charge in [-0.2, -0.15) is 0 Å². The molecule has 0 saturated carbocycles. The normalized spacial score (nSPS) is 19.8. The van der Waals surface area contributed by atoms with E-state index >= 15 is 0 Å². The fourth-order valence-electron chi connectivity index (χ4n) is 2.30. The van der Waals surface area contributed by atoms with Crippen LogP contribution in [0, 0.1) is 23.7 Å². The average Bonchev–Trinajstić information content (AvgIpc) is 2.24. The molecule has 1 nitrogen and oxygen atoms in total. The van der Waals surface area contributed by atoms with Gasteiger partial charge in [-0.25, -0.2) is 0 Å². The predicted octanol–water partition coefficient (Wildman–Crippen LogP) is 5.01. The Hall–Kier alpha value is 0.100. The summed E-state index contributed by atoms with van der Waals surface area (Å²) in [6, 6.07) is 0. The third kappa shape index (κ3) is 5.66. The molecule has 90 valence electrons. The van der Waals surface area contributed by atoms with Crippen molar-refractivity contribution in [3.05, 3.63) is 0 Å². The van der Waals surface area contributed by atoms with E-state index in [-0.39, 0.29) is 0 Å². The van der Waals surface area contributed by atoms with Crippen LogP contribution in [-0.4, -0.2) is 6.16 Å². The third-order valence-electron chi connectivity index (χ3n) is 3.81. The molecule has 0 spiro atoms. The summed E-state index contributed by atoms with van der Waals surface area (Å²) in [4.78, 5) is 0. The predicted molar refractivity (Wildman–Crippen MR) is 68.7 cm³/mol. The summed E-state index contributed by atoms with van der Waals surface area (Å²) in [6.07, 6.45) is 4.58. The van der Waals surface area contributed by atoms with Crippen LogP contribution in [0.15, 0.2) is 0 Å². The molecule has 0 saturated heterocycles. The summed E-state index contributed by atoms with van der Waals surface area (Å²) in [6.45, 7) is 11.5. The zero-order valence-corrected chi connectivity index (χ0v) is 11.9. The minimum absolute atomic E-state index is 0.308. The van der Waals surface area contributed by atoms with E-state index in [9.17, 15) is 4.57 Å². The molecule has 2 heteroatoms. The Balaban J connectivity index is 4.29. The van der Waals surface area contributed by atoms with E-state index < -0.39 is 0 Å². The van der Waals surface area contributed by atoms with E-state index in [0.29, 0.717) is 14.4 Å². The fraction of sp³-hybridized carbons (Fsp3) is 1.00. The van der Waals surface area contributed by atoms with Crippen LogP contribution in [0.2, 0.25) is 0 Å². The lowest BCUT2D eigenvalue weighted by atomic mass is 9.76. The molecular weight excluding hydrogens is 203 g/mol. The molecule has 0 aromatic heterocycles. The van der Waals surface area contributed by atoms with E-state index in [0.717, 1.165) is 23.9 Å². The second-order valence-corrected chi connectivity index (χ2v) is 5.71. The highest BCUT2D eigenvalue weighted by atomic mass is 31.1. The molecule has 0 aliphatic heterocycles. The molecule has 3 atom stereocenters. The number of rotatable bonds is 8. The zero-order valence-electron chi connectivity index (χ0n) is 11.0. The first-order chi connectivity index (χ1) is 7.06. The van der Waals surface area contributed by atoms with Crippen molar-refractivity contribution in [2.24, 2.45) is 23.7 Å². The van der Waals surface area contributed by atoms with Gasteiger partial charge >= 0.3 is 0 Å². The quantitative estimate of drug-likeness (QED) is 0.535. The molecule has 0 bridgehead atoms. The van der Waals surface area contributed by atoms with Gasteiger partial charge in [0.1, 0.15) is 0 Å². The maximum Gasteiger partial charge on any atom is 0.155 e. The average molecular weight is 230 g/mol. The van der Waals surface area contributed by atoms with E-state index in [2.05, 4.69) is 34.6 Å². The highest BCUT2D eigenvalue weighted by Gasteiger charge is 2.23. The van der Waals surface area contributed by atoms with Crippen LogP contribution in [0.4, 0.5) is 0 Å². The maximum atomic E-state index is 10.6. The molecule has 3 unspecified atom stereocenters. The van der Waals surface area contributed by atoms with Crippen molar-refractivity contribution in [1.82, 2.24) is 0 Å². The Bertz CT molecular complexity index is 160. The second kappa shape index (κ2) is 8.28. The van der Waals surface area contributed by atoms with Gasteiger partial charge in [-0.1, -0.05) is 47.5 Å². The van der Waals surface area contributed by atoms with Gasteiger partial charge in [0, 0.05) is 6.16 Å². The van der Waals surface area contributed by atoms with E-state index in [1.165, 1.54) is 19.3 Å². The van der Waals surface area contributed by atoms with E-state index in [4.69, 9.17) is 0 Å². The van der Waals surface area contributed by atoms with Gasteiger partial charge in [0.05, 0.1) is 0 Å². The zero-order chi connectivity index (χ0) is 11.8. The van der Waals surface area contributed by atoms with Gasteiger partial charge < -0.3 is 0 Å². The molecule has 0 heterocycles. The largest absolute Gasteiger partial charge is 0.275 e. The molecule has 0 fully saturated rings. The standard InChI is InChI=1S/C13H27OP/c1-6-11(4)13(12(5)7-2)8-10(3)9-15-14/h10-13H,6-9H2,1-5H3. The molecule has 0 aliphatic carbocycles. The van der Waals surface area contributed by atoms with E-state index in [1.54, 1.807) is 0 Å². The Morgan fingerprint density at radius 2 is 1.47 bits per heavy atom. The summed E-state index contributed by atoms with van der Waals surface area (Å²) in [7, 11) is 0.308. The van der Waals surface area contributed by atoms with Crippen molar-refractivity contribution in [1.29, 1.82) is 0 Å². The first-order valence-electron chi connectivity index (χ1n) is 6.35. The number of hydrogen-bond donors (Lipinski definition) is 0. The highest BCUT2D eigenvalue weighted by Crippen LogP contribution is 2.32. The first-order valence-corrected chi connectivity index (χ1v) is 7.35. The Morgan fingerprint density at radius 1 is 1.00 bits per heavy atom. The van der Waals surface area contributed by atoms with Gasteiger partial charge in [0.25, 0.3) is 0 Å². The molecule has 0 N–H and O–H groups in total. The third-order valence-corrected chi connectivity index (χ3v) is 4.58. The van der Waals surface area contributed by atoms with Crippen molar-refractivity contribution in [2.75, 3.05) is 6.16 Å². The fourth-order valence-corrected chi connectivity index (χ4v) is 2.70. The minimum Gasteiger partial charge on any atom is -0.275 e. The summed E-state index contributed by atoms with van der Waals surface area (Å²) in [5.74, 6) is 2.99. The Morgan fingerprint density at radius 3 is 1.80 bits per heavy atom. The number of hydrogen-bond acceptors (Lipinski definition) is 1. The van der Waals surface area contributed by atoms with Crippen LogP contribution in [0.25, 0.3) is 0 Å². The van der Waals surface area contributed by atoms with Crippen LogP contribution in [-0.2, 0) is 4.57 Å². The summed E-state index contributed by atoms with van der Waals surface area (Å²) >= 11 is 0. The molecule has 0 radical (unpaired) electrons. The van der Waals surface area contributed by atoms with Gasteiger partial charge in [-0.3, -0.25) is 4.57 Å². The van der Waals surface area contributed by atoms with Crippen molar-refractivity contribution >= 4 is 8.46 Å². The van der Waals surface area contributed by atoms with E-state index in [1.807, 2.05) is 0 Å². The van der Waals surface area contributed by atoms with Gasteiger partial charge in [0.15, 0.2) is 8.46 Å². The second-order valence-electron chi connectivity index (χ2n) is 5.09. The van der Waals surface area contributed by atoms with Gasteiger partial charge in [-0.15, -0.1) is 0 Å².